The van der Waals surface area contributed by atoms with E-state index in [2.05, 4.69) is 57.2 Å². The van der Waals surface area contributed by atoms with E-state index in [-0.39, 0.29) is 5.41 Å². The third-order valence-corrected chi connectivity index (χ3v) is 4.52. The predicted molar refractivity (Wildman–Crippen MR) is 88.1 cm³/mol. The summed E-state index contributed by atoms with van der Waals surface area (Å²) in [5.41, 5.74) is 6.34. The van der Waals surface area contributed by atoms with Crippen molar-refractivity contribution in [3.8, 4) is 5.75 Å². The molecule has 1 nitrogen and oxygen atoms in total. The Morgan fingerprint density at radius 3 is 1.57 bits per heavy atom. The van der Waals surface area contributed by atoms with E-state index in [1.54, 1.807) is 0 Å². The molecule has 0 amide bonds. The van der Waals surface area contributed by atoms with E-state index in [9.17, 15) is 5.11 Å². The third-order valence-electron chi connectivity index (χ3n) is 4.52. The van der Waals surface area contributed by atoms with Gasteiger partial charge in [-0.2, -0.15) is 0 Å². The molecule has 110 valence electrons. The number of benzene rings is 2. The quantitative estimate of drug-likeness (QED) is 0.749. The average Bonchev–Trinajstić information content (AvgIpc) is 2.47. The van der Waals surface area contributed by atoms with Crippen LogP contribution in [0.25, 0.3) is 0 Å². The highest BCUT2D eigenvalue weighted by atomic mass is 16.3. The Kier molecular flexibility index (Phi) is 3.52. The van der Waals surface area contributed by atoms with E-state index >= 15 is 0 Å². The molecule has 0 spiro atoms. The second-order valence-corrected chi connectivity index (χ2v) is 7.21. The van der Waals surface area contributed by atoms with Gasteiger partial charge in [-0.15, -0.1) is 0 Å². The largest absolute Gasteiger partial charge is 0.507 e. The smallest absolute Gasteiger partial charge is 0.121 e. The number of hydrogen-bond donors (Lipinski definition) is 1. The number of aromatic hydroxyl groups is 1. The van der Waals surface area contributed by atoms with Crippen LogP contribution >= 0.6 is 0 Å². The van der Waals surface area contributed by atoms with Gasteiger partial charge < -0.3 is 5.11 Å². The Morgan fingerprint density at radius 2 is 1.19 bits per heavy atom. The molecule has 0 aromatic heterocycles. The van der Waals surface area contributed by atoms with Gasteiger partial charge in [-0.25, -0.2) is 0 Å². The zero-order chi connectivity index (χ0) is 15.0. The van der Waals surface area contributed by atoms with E-state index in [1.807, 2.05) is 0 Å². The Hall–Kier alpha value is -1.76. The van der Waals surface area contributed by atoms with Gasteiger partial charge in [0.15, 0.2) is 0 Å². The number of phenols is 1. The van der Waals surface area contributed by atoms with Crippen LogP contribution in [0.15, 0.2) is 36.4 Å². The zero-order valence-corrected chi connectivity index (χ0v) is 13.2. The molecule has 2 aromatic rings. The molecule has 0 aliphatic heterocycles. The summed E-state index contributed by atoms with van der Waals surface area (Å²) in [7, 11) is 0. The van der Waals surface area contributed by atoms with Gasteiger partial charge in [0.05, 0.1) is 0 Å². The number of aryl methyl sites for hydroxylation is 4. The van der Waals surface area contributed by atoms with E-state index in [4.69, 9.17) is 0 Å². The fourth-order valence-electron chi connectivity index (χ4n) is 3.00. The SMILES string of the molecule is CC(C)(C)c1cc2c(O)c(c1)CCc1ccc(cc1)CC2. The zero-order valence-electron chi connectivity index (χ0n) is 13.2. The monoisotopic (exact) mass is 280 g/mol. The first kappa shape index (κ1) is 14.2. The summed E-state index contributed by atoms with van der Waals surface area (Å²) < 4.78 is 0. The molecule has 0 radical (unpaired) electrons. The molecule has 4 rings (SSSR count). The van der Waals surface area contributed by atoms with Gasteiger partial charge >= 0.3 is 0 Å². The minimum atomic E-state index is 0.118. The summed E-state index contributed by atoms with van der Waals surface area (Å²) >= 11 is 0. The first-order valence-electron chi connectivity index (χ1n) is 7.86. The van der Waals surface area contributed by atoms with Crippen molar-refractivity contribution in [2.24, 2.45) is 0 Å². The summed E-state index contributed by atoms with van der Waals surface area (Å²) in [5.74, 6) is 0.519. The summed E-state index contributed by atoms with van der Waals surface area (Å²) in [6.45, 7) is 6.71. The molecule has 1 heteroatoms. The highest BCUT2D eigenvalue weighted by molar-refractivity contribution is 5.47. The molecule has 21 heavy (non-hydrogen) atoms. The topological polar surface area (TPSA) is 20.2 Å². The van der Waals surface area contributed by atoms with Gasteiger partial charge in [-0.05, 0) is 58.9 Å². The molecule has 2 aliphatic carbocycles. The van der Waals surface area contributed by atoms with Crippen LogP contribution in [0, 0.1) is 0 Å². The molecule has 0 fully saturated rings. The third kappa shape index (κ3) is 2.97. The van der Waals surface area contributed by atoms with Crippen molar-refractivity contribution < 1.29 is 5.11 Å². The van der Waals surface area contributed by atoms with Crippen molar-refractivity contribution in [3.05, 3.63) is 64.2 Å². The molecule has 2 aliphatic rings. The van der Waals surface area contributed by atoms with Crippen LogP contribution in [0.3, 0.4) is 0 Å². The Labute approximate surface area is 127 Å². The maximum Gasteiger partial charge on any atom is 0.121 e. The van der Waals surface area contributed by atoms with Crippen LogP contribution in [0.2, 0.25) is 0 Å². The van der Waals surface area contributed by atoms with Crippen molar-refractivity contribution in [1.29, 1.82) is 0 Å². The molecule has 0 saturated heterocycles. The second-order valence-electron chi connectivity index (χ2n) is 7.21. The van der Waals surface area contributed by atoms with Gasteiger partial charge in [-0.3, -0.25) is 0 Å². The molecule has 0 atom stereocenters. The standard InChI is InChI=1S/C20H24O/c1-20(2,3)18-12-16-10-8-14-4-5-15(7-6-14)9-11-17(13-18)19(16)21/h4-7,12-13,21H,8-11H2,1-3H3. The lowest BCUT2D eigenvalue weighted by Crippen LogP contribution is -2.12. The van der Waals surface area contributed by atoms with E-state index < -0.39 is 0 Å². The second kappa shape index (κ2) is 5.22. The van der Waals surface area contributed by atoms with Crippen LogP contribution in [-0.4, -0.2) is 5.11 Å². The van der Waals surface area contributed by atoms with Gasteiger partial charge in [0, 0.05) is 0 Å². The van der Waals surface area contributed by atoms with Crippen LogP contribution in [0.4, 0.5) is 0 Å². The van der Waals surface area contributed by atoms with E-state index in [1.165, 1.54) is 16.7 Å². The lowest BCUT2D eigenvalue weighted by atomic mass is 9.83. The van der Waals surface area contributed by atoms with Crippen LogP contribution in [-0.2, 0) is 31.1 Å². The molecule has 4 bridgehead atoms. The minimum absolute atomic E-state index is 0.118. The van der Waals surface area contributed by atoms with Crippen LogP contribution in [0.5, 0.6) is 5.75 Å². The first-order valence-corrected chi connectivity index (χ1v) is 7.86. The van der Waals surface area contributed by atoms with E-state index in [0.717, 1.165) is 36.8 Å². The van der Waals surface area contributed by atoms with Crippen molar-refractivity contribution in [3.63, 3.8) is 0 Å². The molecule has 0 heterocycles. The molecular formula is C20H24O. The maximum atomic E-state index is 10.6. The molecule has 0 unspecified atom stereocenters. The normalized spacial score (nSPS) is 14.8. The molecular weight excluding hydrogens is 256 g/mol. The highest BCUT2D eigenvalue weighted by Gasteiger charge is 2.19. The summed E-state index contributed by atoms with van der Waals surface area (Å²) in [4.78, 5) is 0. The first-order chi connectivity index (χ1) is 9.93. The maximum absolute atomic E-state index is 10.6. The number of fused-ring (bicyclic) bond motifs is 4. The Balaban J connectivity index is 2.08. The summed E-state index contributed by atoms with van der Waals surface area (Å²) in [5, 5.41) is 10.6. The summed E-state index contributed by atoms with van der Waals surface area (Å²) in [6.07, 6.45) is 3.78. The Morgan fingerprint density at radius 1 is 0.762 bits per heavy atom. The van der Waals surface area contributed by atoms with Crippen molar-refractivity contribution >= 4 is 0 Å². The highest BCUT2D eigenvalue weighted by Crippen LogP contribution is 2.33. The van der Waals surface area contributed by atoms with Gasteiger partial charge in [0.1, 0.15) is 5.75 Å². The number of rotatable bonds is 0. The fourth-order valence-corrected chi connectivity index (χ4v) is 3.00. The molecule has 0 saturated carbocycles. The minimum Gasteiger partial charge on any atom is -0.507 e. The van der Waals surface area contributed by atoms with Crippen LogP contribution < -0.4 is 0 Å². The lowest BCUT2D eigenvalue weighted by molar-refractivity contribution is 0.459. The van der Waals surface area contributed by atoms with E-state index in [0.29, 0.717) is 5.75 Å². The van der Waals surface area contributed by atoms with Crippen molar-refractivity contribution in [2.75, 3.05) is 0 Å². The molecule has 1 N–H and O–H groups in total. The van der Waals surface area contributed by atoms with Gasteiger partial charge in [-0.1, -0.05) is 57.2 Å². The fraction of sp³-hybridized carbons (Fsp3) is 0.400. The summed E-state index contributed by atoms with van der Waals surface area (Å²) in [6, 6.07) is 13.3. The van der Waals surface area contributed by atoms with Crippen LogP contribution in [0.1, 0.15) is 48.6 Å². The average molecular weight is 280 g/mol. The lowest BCUT2D eigenvalue weighted by Gasteiger charge is -2.22. The van der Waals surface area contributed by atoms with Gasteiger partial charge in [0.25, 0.3) is 0 Å². The Bertz CT molecular complexity index is 597. The van der Waals surface area contributed by atoms with Crippen molar-refractivity contribution in [2.45, 2.75) is 51.9 Å². The molecule has 2 aromatic carbocycles. The predicted octanol–water partition coefficient (Wildman–Crippen LogP) is 4.57. The number of phenolic OH excluding ortho intramolecular Hbond substituents is 1. The van der Waals surface area contributed by atoms with Crippen molar-refractivity contribution in [1.82, 2.24) is 0 Å². The number of hydrogen-bond acceptors (Lipinski definition) is 1. The van der Waals surface area contributed by atoms with Gasteiger partial charge in [0.2, 0.25) is 0 Å².